The molecular weight excluding hydrogens is 524 g/mol. The summed E-state index contributed by atoms with van der Waals surface area (Å²) in [6, 6.07) is 12.6. The van der Waals surface area contributed by atoms with Crippen molar-refractivity contribution in [2.24, 2.45) is 11.3 Å². The average molecular weight is 554 g/mol. The maximum absolute atomic E-state index is 13.9. The average Bonchev–Trinajstić information content (AvgIpc) is 3.87. The molecule has 0 amide bonds. The monoisotopic (exact) mass is 553 g/mol. The van der Waals surface area contributed by atoms with E-state index in [-0.39, 0.29) is 5.82 Å². The van der Waals surface area contributed by atoms with E-state index < -0.39 is 5.44 Å². The Kier molecular flexibility index (Phi) is 6.10. The zero-order valence-corrected chi connectivity index (χ0v) is 22.9. The minimum Gasteiger partial charge on any atom is -0.383 e. The molecule has 4 N–H and O–H groups in total. The van der Waals surface area contributed by atoms with Crippen LogP contribution in [0.5, 0.6) is 0 Å². The quantitative estimate of drug-likeness (QED) is 0.255. The summed E-state index contributed by atoms with van der Waals surface area (Å²) < 4.78 is 13.9. The van der Waals surface area contributed by atoms with Crippen LogP contribution in [0.4, 0.5) is 15.8 Å². The summed E-state index contributed by atoms with van der Waals surface area (Å²) in [6.07, 6.45) is 12.1. The van der Waals surface area contributed by atoms with E-state index in [0.29, 0.717) is 44.5 Å². The molecule has 0 saturated heterocycles. The SMILES string of the molecule is [B]C(Nc1cc(Cl)c2ncc(C#N)c(NCC3(C4CC4)CCC3)c2c1)(C1=CN(C2CC2)NN1)c1ccc(F)cc1. The molecule has 4 aliphatic rings. The number of nitrogens with zero attached hydrogens (tertiary/aromatic N) is 3. The van der Waals surface area contributed by atoms with Crippen molar-refractivity contribution in [2.75, 3.05) is 17.2 Å². The summed E-state index contributed by atoms with van der Waals surface area (Å²) >= 11 is 6.79. The molecule has 2 aromatic carbocycles. The van der Waals surface area contributed by atoms with Crippen molar-refractivity contribution in [3.05, 3.63) is 76.5 Å². The fourth-order valence-electron chi connectivity index (χ4n) is 6.24. The number of hydrogen-bond donors (Lipinski definition) is 4. The van der Waals surface area contributed by atoms with Crippen LogP contribution < -0.4 is 21.6 Å². The van der Waals surface area contributed by atoms with E-state index in [9.17, 15) is 9.65 Å². The van der Waals surface area contributed by atoms with Gasteiger partial charge in [-0.2, -0.15) is 5.26 Å². The number of halogens is 2. The molecule has 7 rings (SSSR count). The molecule has 3 aliphatic carbocycles. The predicted octanol–water partition coefficient (Wildman–Crippen LogP) is 5.65. The van der Waals surface area contributed by atoms with Gasteiger partial charge in [0.15, 0.2) is 0 Å². The number of hydrazine groups is 2. The largest absolute Gasteiger partial charge is 0.383 e. The highest BCUT2D eigenvalue weighted by atomic mass is 35.5. The van der Waals surface area contributed by atoms with Crippen LogP contribution in [0, 0.1) is 28.5 Å². The van der Waals surface area contributed by atoms with E-state index in [0.717, 1.165) is 36.4 Å². The van der Waals surface area contributed by atoms with E-state index in [1.807, 2.05) is 17.3 Å². The van der Waals surface area contributed by atoms with Crippen LogP contribution in [0.3, 0.4) is 0 Å². The molecule has 1 unspecified atom stereocenters. The number of benzene rings is 2. The van der Waals surface area contributed by atoms with E-state index in [2.05, 4.69) is 32.6 Å². The summed E-state index contributed by atoms with van der Waals surface area (Å²) in [7, 11) is 7.10. The van der Waals surface area contributed by atoms with Crippen molar-refractivity contribution in [1.29, 1.82) is 5.26 Å². The normalized spacial score (nSPS) is 21.1. The minimum absolute atomic E-state index is 0.317. The smallest absolute Gasteiger partial charge is 0.123 e. The Morgan fingerprint density at radius 2 is 1.98 bits per heavy atom. The fraction of sp³-hybridized carbons (Fsp3) is 0.400. The third kappa shape index (κ3) is 4.44. The maximum atomic E-state index is 13.9. The molecule has 1 atom stereocenters. The topological polar surface area (TPSA) is 88.0 Å². The maximum Gasteiger partial charge on any atom is 0.123 e. The van der Waals surface area contributed by atoms with Crippen LogP contribution in [0.15, 0.2) is 54.5 Å². The van der Waals surface area contributed by atoms with Gasteiger partial charge in [0.05, 0.1) is 32.9 Å². The number of aromatic nitrogens is 1. The third-order valence-electron chi connectivity index (χ3n) is 9.05. The summed E-state index contributed by atoms with van der Waals surface area (Å²) in [5.41, 5.74) is 9.30. The molecule has 202 valence electrons. The summed E-state index contributed by atoms with van der Waals surface area (Å²) in [5, 5.41) is 20.3. The lowest BCUT2D eigenvalue weighted by Crippen LogP contribution is -2.45. The summed E-state index contributed by atoms with van der Waals surface area (Å²) in [4.78, 5) is 4.52. The first kappa shape index (κ1) is 25.5. The number of hydrogen-bond acceptors (Lipinski definition) is 7. The Hall–Kier alpha value is -3.48. The number of pyridine rings is 1. The van der Waals surface area contributed by atoms with Gasteiger partial charge >= 0.3 is 0 Å². The fourth-order valence-corrected chi connectivity index (χ4v) is 6.51. The van der Waals surface area contributed by atoms with Crippen molar-refractivity contribution >= 4 is 41.7 Å². The number of fused-ring (bicyclic) bond motifs is 1. The van der Waals surface area contributed by atoms with Crippen LogP contribution in [-0.4, -0.2) is 30.4 Å². The molecule has 10 heteroatoms. The second-order valence-electron chi connectivity index (χ2n) is 11.7. The van der Waals surface area contributed by atoms with Crippen LogP contribution in [0.1, 0.15) is 56.1 Å². The van der Waals surface area contributed by atoms with Gasteiger partial charge in [0.1, 0.15) is 19.7 Å². The van der Waals surface area contributed by atoms with Crippen LogP contribution in [0.25, 0.3) is 10.9 Å². The van der Waals surface area contributed by atoms with Crippen LogP contribution in [0.2, 0.25) is 5.02 Å². The van der Waals surface area contributed by atoms with Gasteiger partial charge in [-0.05, 0) is 79.7 Å². The summed E-state index contributed by atoms with van der Waals surface area (Å²) in [5.74, 6) is 0.435. The first-order valence-electron chi connectivity index (χ1n) is 14.0. The molecular formula is C30H30BClFN7. The Morgan fingerprint density at radius 1 is 1.20 bits per heavy atom. The van der Waals surface area contributed by atoms with Crippen molar-refractivity contribution in [3.8, 4) is 6.07 Å². The number of nitriles is 1. The lowest BCUT2D eigenvalue weighted by Gasteiger charge is -2.43. The van der Waals surface area contributed by atoms with Gasteiger partial charge < -0.3 is 16.1 Å². The molecule has 0 bridgehead atoms. The van der Waals surface area contributed by atoms with Gasteiger partial charge in [-0.15, -0.1) is 5.53 Å². The molecule has 7 nitrogen and oxygen atoms in total. The van der Waals surface area contributed by atoms with Gasteiger partial charge in [-0.3, -0.25) is 9.99 Å². The molecule has 3 aromatic rings. The predicted molar refractivity (Wildman–Crippen MR) is 156 cm³/mol. The van der Waals surface area contributed by atoms with E-state index in [4.69, 9.17) is 19.4 Å². The highest BCUT2D eigenvalue weighted by molar-refractivity contribution is 6.36. The summed E-state index contributed by atoms with van der Waals surface area (Å²) in [6.45, 7) is 0.830. The van der Waals surface area contributed by atoms with Crippen molar-refractivity contribution in [3.63, 3.8) is 0 Å². The molecule has 0 spiro atoms. The van der Waals surface area contributed by atoms with Crippen molar-refractivity contribution in [2.45, 2.75) is 56.4 Å². The molecule has 3 saturated carbocycles. The molecule has 2 heterocycles. The standard InChI is InChI=1S/C30H30BClFN7/c31-30(20-4-6-21(33)7-5-20,26-16-40(39-38-26)23-8-9-23)37-22-12-24-27(18(14-34)15-35-28(24)25(32)13-22)36-17-29(10-1-11-29)19-2-3-19/h4-7,12-13,15-16,19,23,37-39H,1-3,8-11,17H2,(H,35,36). The Balaban J connectivity index is 1.28. The first-order valence-corrected chi connectivity index (χ1v) is 14.4. The van der Waals surface area contributed by atoms with Gasteiger partial charge in [-0.1, -0.05) is 30.2 Å². The first-order chi connectivity index (χ1) is 19.4. The number of nitrogens with one attached hydrogen (secondary N) is 4. The zero-order chi connectivity index (χ0) is 27.5. The Bertz CT molecular complexity index is 1540. The van der Waals surface area contributed by atoms with Crippen LogP contribution in [-0.2, 0) is 5.44 Å². The highest BCUT2D eigenvalue weighted by Crippen LogP contribution is 2.57. The Morgan fingerprint density at radius 3 is 2.62 bits per heavy atom. The van der Waals surface area contributed by atoms with E-state index in [1.54, 1.807) is 24.4 Å². The molecule has 2 radical (unpaired) electrons. The zero-order valence-electron chi connectivity index (χ0n) is 22.1. The molecule has 40 heavy (non-hydrogen) atoms. The number of anilines is 2. The van der Waals surface area contributed by atoms with E-state index >= 15 is 0 Å². The molecule has 1 aliphatic heterocycles. The van der Waals surface area contributed by atoms with Crippen molar-refractivity contribution in [1.82, 2.24) is 21.0 Å². The third-order valence-corrected chi connectivity index (χ3v) is 9.34. The van der Waals surface area contributed by atoms with Gasteiger partial charge in [0, 0.05) is 36.1 Å². The minimum atomic E-state index is -1.24. The second-order valence-corrected chi connectivity index (χ2v) is 12.1. The van der Waals surface area contributed by atoms with E-state index in [1.165, 1.54) is 44.2 Å². The van der Waals surface area contributed by atoms with Gasteiger partial charge in [-0.25, -0.2) is 4.39 Å². The van der Waals surface area contributed by atoms with Gasteiger partial charge in [0.25, 0.3) is 0 Å². The van der Waals surface area contributed by atoms with Crippen LogP contribution >= 0.6 is 11.6 Å². The molecule has 3 fully saturated rings. The number of rotatable bonds is 9. The lowest BCUT2D eigenvalue weighted by molar-refractivity contribution is 0.118. The second kappa shape index (κ2) is 9.57. The lowest BCUT2D eigenvalue weighted by atomic mass is 9.65. The van der Waals surface area contributed by atoms with Crippen molar-refractivity contribution < 1.29 is 4.39 Å². The highest BCUT2D eigenvalue weighted by Gasteiger charge is 2.48. The van der Waals surface area contributed by atoms with Gasteiger partial charge in [0.2, 0.25) is 0 Å². The Labute approximate surface area is 239 Å². The molecule has 1 aromatic heterocycles.